The molecule has 0 spiro atoms. The van der Waals surface area contributed by atoms with Gasteiger partial charge < -0.3 is 15.0 Å². The zero-order valence-electron chi connectivity index (χ0n) is 18.4. The minimum Gasteiger partial charge on any atom is -0.491 e. The second-order valence-corrected chi connectivity index (χ2v) is 8.07. The van der Waals surface area contributed by atoms with E-state index in [1.165, 1.54) is 0 Å². The van der Waals surface area contributed by atoms with Gasteiger partial charge >= 0.3 is 0 Å². The van der Waals surface area contributed by atoms with Gasteiger partial charge in [0.05, 0.1) is 12.6 Å². The second kappa shape index (κ2) is 11.5. The normalized spacial score (nSPS) is 14.9. The van der Waals surface area contributed by atoms with E-state index in [0.717, 1.165) is 30.7 Å². The first-order chi connectivity index (χ1) is 15.0. The molecule has 3 rings (SSSR count). The lowest BCUT2D eigenvalue weighted by Crippen LogP contribution is -2.40. The number of ether oxygens (including phenoxy) is 1. The van der Waals surface area contributed by atoms with Gasteiger partial charge in [0.2, 0.25) is 5.91 Å². The van der Waals surface area contributed by atoms with E-state index in [-0.39, 0.29) is 17.9 Å². The molecular weight excluding hydrogens is 392 g/mol. The molecule has 1 aromatic carbocycles. The number of carbonyl (C=O) groups is 2. The van der Waals surface area contributed by atoms with Crippen LogP contribution in [0.1, 0.15) is 36.2 Å². The fourth-order valence-corrected chi connectivity index (χ4v) is 3.62. The summed E-state index contributed by atoms with van der Waals surface area (Å²) in [6.45, 7) is 7.80. The number of hydrogen-bond acceptors (Lipinski definition) is 5. The van der Waals surface area contributed by atoms with Gasteiger partial charge in [0, 0.05) is 50.7 Å². The predicted octanol–water partition coefficient (Wildman–Crippen LogP) is 2.38. The van der Waals surface area contributed by atoms with Gasteiger partial charge in [-0.1, -0.05) is 12.1 Å². The number of pyridine rings is 1. The van der Waals surface area contributed by atoms with Crippen molar-refractivity contribution in [3.63, 3.8) is 0 Å². The molecule has 1 saturated heterocycles. The maximum Gasteiger partial charge on any atom is 0.254 e. The minimum atomic E-state index is 0.0219. The number of carbonyl (C=O) groups excluding carboxylic acids is 2. The highest BCUT2D eigenvalue weighted by atomic mass is 16.5. The highest BCUT2D eigenvalue weighted by Gasteiger charge is 2.21. The zero-order valence-corrected chi connectivity index (χ0v) is 18.4. The van der Waals surface area contributed by atoms with Crippen molar-refractivity contribution in [3.05, 3.63) is 59.9 Å². The number of benzene rings is 1. The van der Waals surface area contributed by atoms with E-state index in [1.807, 2.05) is 43.0 Å². The molecule has 2 heterocycles. The van der Waals surface area contributed by atoms with Crippen LogP contribution < -0.4 is 10.1 Å². The van der Waals surface area contributed by atoms with E-state index in [9.17, 15) is 9.59 Å². The number of nitrogens with zero attached hydrogens (tertiary/aromatic N) is 3. The molecule has 0 atom stereocenters. The third kappa shape index (κ3) is 7.36. The van der Waals surface area contributed by atoms with Gasteiger partial charge in [0.1, 0.15) is 5.75 Å². The summed E-state index contributed by atoms with van der Waals surface area (Å²) in [6.07, 6.45) is 5.06. The first kappa shape index (κ1) is 22.7. The quantitative estimate of drug-likeness (QED) is 0.704. The predicted molar refractivity (Wildman–Crippen MR) is 120 cm³/mol. The van der Waals surface area contributed by atoms with Crippen molar-refractivity contribution in [2.75, 3.05) is 39.3 Å². The van der Waals surface area contributed by atoms with Crippen molar-refractivity contribution in [2.45, 2.75) is 32.8 Å². The third-order valence-electron chi connectivity index (χ3n) is 5.20. The van der Waals surface area contributed by atoms with E-state index >= 15 is 0 Å². The standard InChI is InChI=1S/C24H32N4O3/c1-19(2)31-22-6-4-20(5-7-22)8-13-26-23(29)18-27-14-3-15-28(17-16-27)24(30)21-9-11-25-12-10-21/h4-7,9-12,19H,3,8,13-18H2,1-2H3,(H,26,29). The molecule has 7 nitrogen and oxygen atoms in total. The summed E-state index contributed by atoms with van der Waals surface area (Å²) < 4.78 is 5.65. The van der Waals surface area contributed by atoms with Crippen LogP contribution in [-0.2, 0) is 11.2 Å². The van der Waals surface area contributed by atoms with Gasteiger partial charge in [-0.15, -0.1) is 0 Å². The van der Waals surface area contributed by atoms with Crippen molar-refractivity contribution in [1.82, 2.24) is 20.1 Å². The summed E-state index contributed by atoms with van der Waals surface area (Å²) in [5.74, 6) is 0.910. The molecule has 7 heteroatoms. The van der Waals surface area contributed by atoms with Crippen LogP contribution >= 0.6 is 0 Å². The van der Waals surface area contributed by atoms with Crippen LogP contribution in [0.15, 0.2) is 48.8 Å². The fourth-order valence-electron chi connectivity index (χ4n) is 3.62. The minimum absolute atomic E-state index is 0.0219. The Morgan fingerprint density at radius 1 is 1.03 bits per heavy atom. The summed E-state index contributed by atoms with van der Waals surface area (Å²) in [5, 5.41) is 3.01. The molecule has 0 saturated carbocycles. The van der Waals surface area contributed by atoms with Crippen LogP contribution in [0.3, 0.4) is 0 Å². The molecule has 0 radical (unpaired) electrons. The summed E-state index contributed by atoms with van der Waals surface area (Å²) in [4.78, 5) is 32.9. The largest absolute Gasteiger partial charge is 0.491 e. The number of aromatic nitrogens is 1. The van der Waals surface area contributed by atoms with Crippen LogP contribution in [0, 0.1) is 0 Å². The average Bonchev–Trinajstić information content (AvgIpc) is 3.00. The Bertz CT molecular complexity index is 840. The Kier molecular flexibility index (Phi) is 8.41. The Morgan fingerprint density at radius 3 is 2.48 bits per heavy atom. The van der Waals surface area contributed by atoms with Gasteiger partial charge in [-0.25, -0.2) is 0 Å². The molecule has 0 aliphatic carbocycles. The molecule has 1 fully saturated rings. The molecule has 1 aromatic heterocycles. The van der Waals surface area contributed by atoms with Crippen molar-refractivity contribution in [3.8, 4) is 5.75 Å². The summed E-state index contributed by atoms with van der Waals surface area (Å²) in [5.41, 5.74) is 1.82. The molecule has 1 N–H and O–H groups in total. The number of hydrogen-bond donors (Lipinski definition) is 1. The van der Waals surface area contributed by atoms with E-state index in [0.29, 0.717) is 38.3 Å². The molecule has 166 valence electrons. The Hall–Kier alpha value is -2.93. The van der Waals surface area contributed by atoms with E-state index in [2.05, 4.69) is 15.2 Å². The SMILES string of the molecule is CC(C)Oc1ccc(CCNC(=O)CN2CCCN(C(=O)c3ccncc3)CC2)cc1. The van der Waals surface area contributed by atoms with Gasteiger partial charge in [-0.3, -0.25) is 19.5 Å². The first-order valence-electron chi connectivity index (χ1n) is 10.9. The zero-order chi connectivity index (χ0) is 22.1. The monoisotopic (exact) mass is 424 g/mol. The van der Waals surface area contributed by atoms with Crippen molar-refractivity contribution in [2.24, 2.45) is 0 Å². The highest BCUT2D eigenvalue weighted by molar-refractivity contribution is 5.94. The van der Waals surface area contributed by atoms with Gasteiger partial charge in [0.25, 0.3) is 5.91 Å². The molecular formula is C24H32N4O3. The van der Waals surface area contributed by atoms with E-state index < -0.39 is 0 Å². The molecule has 1 aliphatic heterocycles. The molecule has 1 aliphatic rings. The summed E-state index contributed by atoms with van der Waals surface area (Å²) in [7, 11) is 0. The highest BCUT2D eigenvalue weighted by Crippen LogP contribution is 2.14. The van der Waals surface area contributed by atoms with Crippen molar-refractivity contribution < 1.29 is 14.3 Å². The Labute approximate surface area is 184 Å². The van der Waals surface area contributed by atoms with Crippen LogP contribution in [0.5, 0.6) is 5.75 Å². The molecule has 0 unspecified atom stereocenters. The van der Waals surface area contributed by atoms with Gasteiger partial charge in [0.15, 0.2) is 0 Å². The third-order valence-corrected chi connectivity index (χ3v) is 5.20. The number of nitrogens with one attached hydrogen (secondary N) is 1. The smallest absolute Gasteiger partial charge is 0.254 e. The maximum absolute atomic E-state index is 12.6. The van der Waals surface area contributed by atoms with Crippen molar-refractivity contribution in [1.29, 1.82) is 0 Å². The van der Waals surface area contributed by atoms with Gasteiger partial charge in [-0.05, 0) is 56.5 Å². The van der Waals surface area contributed by atoms with E-state index in [4.69, 9.17) is 4.74 Å². The Balaban J connectivity index is 1.38. The number of amides is 2. The lowest BCUT2D eigenvalue weighted by Gasteiger charge is -2.21. The fraction of sp³-hybridized carbons (Fsp3) is 0.458. The maximum atomic E-state index is 12.6. The lowest BCUT2D eigenvalue weighted by atomic mass is 10.1. The van der Waals surface area contributed by atoms with Crippen LogP contribution in [0.2, 0.25) is 0 Å². The second-order valence-electron chi connectivity index (χ2n) is 8.07. The molecule has 2 amide bonds. The number of rotatable bonds is 8. The van der Waals surface area contributed by atoms with Crippen LogP contribution in [0.25, 0.3) is 0 Å². The summed E-state index contributed by atoms with van der Waals surface area (Å²) >= 11 is 0. The molecule has 2 aromatic rings. The van der Waals surface area contributed by atoms with Gasteiger partial charge in [-0.2, -0.15) is 0 Å². The molecule has 0 bridgehead atoms. The summed E-state index contributed by atoms with van der Waals surface area (Å²) in [6, 6.07) is 11.5. The van der Waals surface area contributed by atoms with Crippen LogP contribution in [-0.4, -0.2) is 72.0 Å². The Morgan fingerprint density at radius 2 is 1.77 bits per heavy atom. The van der Waals surface area contributed by atoms with Crippen LogP contribution in [0.4, 0.5) is 0 Å². The molecule has 31 heavy (non-hydrogen) atoms. The first-order valence-corrected chi connectivity index (χ1v) is 10.9. The van der Waals surface area contributed by atoms with Crippen molar-refractivity contribution >= 4 is 11.8 Å². The average molecular weight is 425 g/mol. The lowest BCUT2D eigenvalue weighted by molar-refractivity contribution is -0.122. The topological polar surface area (TPSA) is 74.8 Å². The van der Waals surface area contributed by atoms with E-state index in [1.54, 1.807) is 24.5 Å².